The molecule has 0 radical (unpaired) electrons. The van der Waals surface area contributed by atoms with Gasteiger partial charge in [-0.05, 0) is 40.6 Å². The van der Waals surface area contributed by atoms with Crippen molar-refractivity contribution in [1.29, 1.82) is 0 Å². The van der Waals surface area contributed by atoms with E-state index in [9.17, 15) is 4.79 Å². The molecule has 2 rings (SSSR count). The zero-order valence-corrected chi connectivity index (χ0v) is 12.7. The van der Waals surface area contributed by atoms with Crippen LogP contribution in [0, 0.1) is 0 Å². The van der Waals surface area contributed by atoms with E-state index < -0.39 is 0 Å². The molecule has 1 amide bonds. The van der Waals surface area contributed by atoms with Crippen molar-refractivity contribution >= 4 is 55.7 Å². The largest absolute Gasteiger partial charge is 0.297 e. The van der Waals surface area contributed by atoms with Gasteiger partial charge in [-0.25, -0.2) is 0 Å². The molecule has 0 bridgehead atoms. The quantitative estimate of drug-likeness (QED) is 0.863. The van der Waals surface area contributed by atoms with Crippen LogP contribution in [-0.2, 0) is 11.2 Å². The molecule has 18 heavy (non-hydrogen) atoms. The summed E-state index contributed by atoms with van der Waals surface area (Å²) in [6, 6.07) is 3.89. The van der Waals surface area contributed by atoms with Gasteiger partial charge >= 0.3 is 0 Å². The van der Waals surface area contributed by atoms with E-state index in [2.05, 4.69) is 31.4 Å². The maximum absolute atomic E-state index is 11.6. The highest BCUT2D eigenvalue weighted by Crippen LogP contribution is 2.23. The zero-order chi connectivity index (χ0) is 13.0. The molecule has 94 valence electrons. The third-order valence-corrected chi connectivity index (χ3v) is 4.56. The smallest absolute Gasteiger partial charge is 0.250 e. The number of anilines is 1. The Morgan fingerprint density at radius 2 is 2.28 bits per heavy atom. The molecule has 0 aliphatic heterocycles. The summed E-state index contributed by atoms with van der Waals surface area (Å²) in [6.45, 7) is 2.00. The van der Waals surface area contributed by atoms with Crippen molar-refractivity contribution in [1.82, 2.24) is 10.2 Å². The number of hydrogen-bond donors (Lipinski definition) is 1. The summed E-state index contributed by atoms with van der Waals surface area (Å²) >= 11 is 6.33. The summed E-state index contributed by atoms with van der Waals surface area (Å²) in [6.07, 6.45) is 4.09. The fourth-order valence-corrected chi connectivity index (χ4v) is 3.18. The second kappa shape index (κ2) is 6.21. The Morgan fingerprint density at radius 3 is 2.89 bits per heavy atom. The lowest BCUT2D eigenvalue weighted by atomic mass is 10.4. The Labute approximate surface area is 121 Å². The average molecular weight is 344 g/mol. The van der Waals surface area contributed by atoms with Crippen LogP contribution >= 0.6 is 38.6 Å². The molecule has 0 saturated heterocycles. The number of hydrogen-bond acceptors (Lipinski definition) is 5. The van der Waals surface area contributed by atoms with Crippen molar-refractivity contribution in [3.63, 3.8) is 0 Å². The normalized spacial score (nSPS) is 11.0. The lowest BCUT2D eigenvalue weighted by Crippen LogP contribution is -2.07. The molecule has 1 N–H and O–H groups in total. The molecule has 4 nitrogen and oxygen atoms in total. The molecule has 0 spiro atoms. The van der Waals surface area contributed by atoms with Crippen molar-refractivity contribution in [3.8, 4) is 0 Å². The average Bonchev–Trinajstić information content (AvgIpc) is 2.95. The van der Waals surface area contributed by atoms with E-state index in [1.807, 2.05) is 19.1 Å². The Balaban J connectivity index is 1.94. The number of carbonyl (C=O) groups excluding carboxylic acids is 1. The number of amides is 1. The van der Waals surface area contributed by atoms with Crippen LogP contribution in [0.4, 0.5) is 5.13 Å². The number of aryl methyl sites for hydroxylation is 1. The predicted molar refractivity (Wildman–Crippen MR) is 79.0 cm³/mol. The van der Waals surface area contributed by atoms with Crippen LogP contribution in [-0.4, -0.2) is 16.1 Å². The molecule has 2 heterocycles. The highest BCUT2D eigenvalue weighted by molar-refractivity contribution is 9.11. The number of nitrogens with zero attached hydrogens (tertiary/aromatic N) is 2. The van der Waals surface area contributed by atoms with Crippen molar-refractivity contribution in [2.75, 3.05) is 5.32 Å². The number of halogens is 1. The number of rotatable bonds is 4. The second-order valence-electron chi connectivity index (χ2n) is 3.32. The Bertz CT molecular complexity index is 576. The summed E-state index contributed by atoms with van der Waals surface area (Å²) in [5.41, 5.74) is 0. The van der Waals surface area contributed by atoms with Gasteiger partial charge in [0, 0.05) is 11.0 Å². The molecule has 2 aromatic heterocycles. The van der Waals surface area contributed by atoms with Crippen molar-refractivity contribution < 1.29 is 4.79 Å². The summed E-state index contributed by atoms with van der Waals surface area (Å²) in [4.78, 5) is 12.6. The van der Waals surface area contributed by atoms with Gasteiger partial charge < -0.3 is 0 Å². The third kappa shape index (κ3) is 3.72. The first kappa shape index (κ1) is 13.4. The van der Waals surface area contributed by atoms with Crippen molar-refractivity contribution in [3.05, 3.63) is 31.9 Å². The first-order valence-electron chi connectivity index (χ1n) is 5.24. The van der Waals surface area contributed by atoms with Gasteiger partial charge in [-0.1, -0.05) is 18.3 Å². The van der Waals surface area contributed by atoms with E-state index in [1.165, 1.54) is 17.4 Å². The highest BCUT2D eigenvalue weighted by atomic mass is 79.9. The Hall–Kier alpha value is -1.05. The maximum atomic E-state index is 11.6. The molecule has 0 aliphatic carbocycles. The van der Waals surface area contributed by atoms with Crippen LogP contribution in [0.1, 0.15) is 16.8 Å². The molecular formula is C11H10BrN3OS2. The predicted octanol–water partition coefficient (Wildman–Crippen LogP) is 3.58. The lowest BCUT2D eigenvalue weighted by molar-refractivity contribution is -0.111. The molecule has 2 aromatic rings. The molecule has 0 aliphatic rings. The molecule has 0 saturated carbocycles. The number of carbonyl (C=O) groups is 1. The first-order chi connectivity index (χ1) is 8.67. The lowest BCUT2D eigenvalue weighted by Gasteiger charge is -1.93. The number of thiophene rings is 1. The van der Waals surface area contributed by atoms with Crippen molar-refractivity contribution in [2.24, 2.45) is 0 Å². The fourth-order valence-electron chi connectivity index (χ4n) is 1.17. The van der Waals surface area contributed by atoms with Crippen LogP contribution in [0.5, 0.6) is 0 Å². The minimum Gasteiger partial charge on any atom is -0.297 e. The number of aromatic nitrogens is 2. The summed E-state index contributed by atoms with van der Waals surface area (Å²) < 4.78 is 1.04. The van der Waals surface area contributed by atoms with Gasteiger partial charge in [-0.3, -0.25) is 10.1 Å². The van der Waals surface area contributed by atoms with Gasteiger partial charge in [0.1, 0.15) is 5.01 Å². The Morgan fingerprint density at radius 1 is 1.44 bits per heavy atom. The summed E-state index contributed by atoms with van der Waals surface area (Å²) in [5.74, 6) is -0.196. The minimum atomic E-state index is -0.196. The summed E-state index contributed by atoms with van der Waals surface area (Å²) in [7, 11) is 0. The Kier molecular flexibility index (Phi) is 4.62. The van der Waals surface area contributed by atoms with Crippen LogP contribution < -0.4 is 5.32 Å². The van der Waals surface area contributed by atoms with Gasteiger partial charge in [0.2, 0.25) is 11.0 Å². The van der Waals surface area contributed by atoms with E-state index in [4.69, 9.17) is 0 Å². The monoisotopic (exact) mass is 343 g/mol. The third-order valence-electron chi connectivity index (χ3n) is 1.99. The van der Waals surface area contributed by atoms with Gasteiger partial charge in [0.05, 0.1) is 3.79 Å². The van der Waals surface area contributed by atoms with Crippen LogP contribution in [0.3, 0.4) is 0 Å². The van der Waals surface area contributed by atoms with Crippen LogP contribution in [0.25, 0.3) is 6.08 Å². The standard InChI is InChI=1S/C11H10BrN3OS2/c1-2-10-14-15-11(18-10)13-9(16)6-4-7-3-5-8(12)17-7/h3-6H,2H2,1H3,(H,13,15,16)/b6-4+. The van der Waals surface area contributed by atoms with Gasteiger partial charge in [0.15, 0.2) is 0 Å². The van der Waals surface area contributed by atoms with Crippen LogP contribution in [0.15, 0.2) is 22.0 Å². The molecule has 0 unspecified atom stereocenters. The van der Waals surface area contributed by atoms with Crippen molar-refractivity contribution in [2.45, 2.75) is 13.3 Å². The first-order valence-corrected chi connectivity index (χ1v) is 7.66. The molecule has 7 heteroatoms. The summed E-state index contributed by atoms with van der Waals surface area (Å²) in [5, 5.41) is 12.0. The fraction of sp³-hybridized carbons (Fsp3) is 0.182. The van der Waals surface area contributed by atoms with Crippen LogP contribution in [0.2, 0.25) is 0 Å². The molecule has 0 fully saturated rings. The minimum absolute atomic E-state index is 0.196. The number of nitrogens with one attached hydrogen (secondary N) is 1. The van der Waals surface area contributed by atoms with Gasteiger partial charge in [0.25, 0.3) is 0 Å². The zero-order valence-electron chi connectivity index (χ0n) is 9.51. The topological polar surface area (TPSA) is 54.9 Å². The van der Waals surface area contributed by atoms with E-state index >= 15 is 0 Å². The SMILES string of the molecule is CCc1nnc(NC(=O)/C=C/c2ccc(Br)s2)s1. The van der Waals surface area contributed by atoms with Gasteiger partial charge in [-0.2, -0.15) is 0 Å². The highest BCUT2D eigenvalue weighted by Gasteiger charge is 2.04. The van der Waals surface area contributed by atoms with E-state index in [0.29, 0.717) is 5.13 Å². The van der Waals surface area contributed by atoms with E-state index in [0.717, 1.165) is 20.1 Å². The molecule has 0 atom stereocenters. The molecule has 0 aromatic carbocycles. The second-order valence-corrected chi connectivity index (χ2v) is 6.88. The van der Waals surface area contributed by atoms with E-state index in [1.54, 1.807) is 17.4 Å². The maximum Gasteiger partial charge on any atom is 0.250 e. The molecular weight excluding hydrogens is 334 g/mol. The van der Waals surface area contributed by atoms with E-state index in [-0.39, 0.29) is 5.91 Å². The van der Waals surface area contributed by atoms with Gasteiger partial charge in [-0.15, -0.1) is 21.5 Å².